The Morgan fingerprint density at radius 1 is 1.44 bits per heavy atom. The number of anilines is 1. The van der Waals surface area contributed by atoms with Gasteiger partial charge in [0.05, 0.1) is 17.5 Å². The van der Waals surface area contributed by atoms with E-state index in [9.17, 15) is 9.90 Å². The largest absolute Gasteiger partial charge is 0.397 e. The van der Waals surface area contributed by atoms with Gasteiger partial charge >= 0.3 is 0 Å². The molecule has 0 radical (unpaired) electrons. The summed E-state index contributed by atoms with van der Waals surface area (Å²) in [5, 5.41) is 9.99. The first kappa shape index (κ1) is 12.8. The highest BCUT2D eigenvalue weighted by Gasteiger charge is 2.27. The standard InChI is InChI=1S/C13H19N3O2/c1-13(18)5-2-7-16(8-6-13)12(17)11-4-3-10(14)9-15-11/h3-4,9,18H,2,5-8,14H2,1H3. The molecule has 1 aliphatic rings. The maximum Gasteiger partial charge on any atom is 0.272 e. The number of nitrogen functional groups attached to an aromatic ring is 1. The van der Waals surface area contributed by atoms with Crippen LogP contribution in [0.5, 0.6) is 0 Å². The number of carbonyl (C=O) groups is 1. The van der Waals surface area contributed by atoms with Crippen molar-refractivity contribution in [3.8, 4) is 0 Å². The zero-order valence-corrected chi connectivity index (χ0v) is 10.6. The molecule has 1 saturated heterocycles. The Kier molecular flexibility index (Phi) is 3.52. The minimum atomic E-state index is -0.663. The number of pyridine rings is 1. The van der Waals surface area contributed by atoms with Crippen LogP contribution in [0.3, 0.4) is 0 Å². The van der Waals surface area contributed by atoms with Crippen molar-refractivity contribution in [1.82, 2.24) is 9.88 Å². The van der Waals surface area contributed by atoms with Crippen molar-refractivity contribution in [3.63, 3.8) is 0 Å². The first-order chi connectivity index (χ1) is 8.48. The first-order valence-electron chi connectivity index (χ1n) is 6.21. The molecule has 2 rings (SSSR count). The van der Waals surface area contributed by atoms with Gasteiger partial charge in [0.2, 0.25) is 0 Å². The molecule has 1 atom stereocenters. The quantitative estimate of drug-likeness (QED) is 0.779. The van der Waals surface area contributed by atoms with Crippen molar-refractivity contribution < 1.29 is 9.90 Å². The first-order valence-corrected chi connectivity index (χ1v) is 6.21. The second-order valence-electron chi connectivity index (χ2n) is 5.12. The molecule has 0 bridgehead atoms. The number of rotatable bonds is 1. The highest BCUT2D eigenvalue weighted by Crippen LogP contribution is 2.22. The fourth-order valence-electron chi connectivity index (χ4n) is 2.16. The van der Waals surface area contributed by atoms with Crippen LogP contribution in [-0.2, 0) is 0 Å². The van der Waals surface area contributed by atoms with Crippen molar-refractivity contribution in [2.45, 2.75) is 31.8 Å². The number of nitrogens with two attached hydrogens (primary N) is 1. The minimum Gasteiger partial charge on any atom is -0.397 e. The summed E-state index contributed by atoms with van der Waals surface area (Å²) in [5.74, 6) is -0.0901. The van der Waals surface area contributed by atoms with Gasteiger partial charge in [-0.3, -0.25) is 4.79 Å². The molecule has 1 fully saturated rings. The summed E-state index contributed by atoms with van der Waals surface area (Å²) >= 11 is 0. The number of amides is 1. The summed E-state index contributed by atoms with van der Waals surface area (Å²) in [5.41, 5.74) is 5.84. The van der Waals surface area contributed by atoms with Crippen molar-refractivity contribution in [3.05, 3.63) is 24.0 Å². The number of hydrogen-bond donors (Lipinski definition) is 2. The van der Waals surface area contributed by atoms with Crippen LogP contribution in [0.2, 0.25) is 0 Å². The van der Waals surface area contributed by atoms with E-state index in [1.54, 1.807) is 17.0 Å². The lowest BCUT2D eigenvalue weighted by atomic mass is 9.98. The van der Waals surface area contributed by atoms with Gasteiger partial charge in [-0.05, 0) is 38.3 Å². The number of aliphatic hydroxyl groups is 1. The maximum absolute atomic E-state index is 12.2. The van der Waals surface area contributed by atoms with Crippen molar-refractivity contribution in [2.75, 3.05) is 18.8 Å². The van der Waals surface area contributed by atoms with Gasteiger partial charge in [-0.1, -0.05) is 0 Å². The molecule has 0 saturated carbocycles. The molecule has 5 heteroatoms. The van der Waals surface area contributed by atoms with Crippen LogP contribution in [0.15, 0.2) is 18.3 Å². The van der Waals surface area contributed by atoms with Crippen molar-refractivity contribution in [2.24, 2.45) is 0 Å². The fraction of sp³-hybridized carbons (Fsp3) is 0.538. The molecule has 1 aromatic heterocycles. The summed E-state index contributed by atoms with van der Waals surface area (Å²) in [6.45, 7) is 3.06. The van der Waals surface area contributed by atoms with Crippen LogP contribution in [0.1, 0.15) is 36.7 Å². The SMILES string of the molecule is CC1(O)CCCN(C(=O)c2ccc(N)cn2)CC1. The molecule has 2 heterocycles. The monoisotopic (exact) mass is 249 g/mol. The van der Waals surface area contributed by atoms with Crippen molar-refractivity contribution >= 4 is 11.6 Å². The van der Waals surface area contributed by atoms with E-state index in [1.165, 1.54) is 6.20 Å². The predicted octanol–water partition coefficient (Wildman–Crippen LogP) is 1.04. The van der Waals surface area contributed by atoms with E-state index in [2.05, 4.69) is 4.98 Å². The molecule has 0 aliphatic carbocycles. The van der Waals surface area contributed by atoms with Gasteiger partial charge in [0.25, 0.3) is 5.91 Å². The van der Waals surface area contributed by atoms with Crippen LogP contribution in [-0.4, -0.2) is 39.6 Å². The lowest BCUT2D eigenvalue weighted by molar-refractivity contribution is 0.0437. The zero-order valence-electron chi connectivity index (χ0n) is 10.6. The molecule has 1 aromatic rings. The third-order valence-electron chi connectivity index (χ3n) is 3.36. The molecular weight excluding hydrogens is 230 g/mol. The van der Waals surface area contributed by atoms with E-state index in [4.69, 9.17) is 5.73 Å². The topological polar surface area (TPSA) is 79.5 Å². The van der Waals surface area contributed by atoms with Crippen LogP contribution in [0.4, 0.5) is 5.69 Å². The third-order valence-corrected chi connectivity index (χ3v) is 3.36. The number of likely N-dealkylation sites (tertiary alicyclic amines) is 1. The van der Waals surface area contributed by atoms with E-state index in [-0.39, 0.29) is 5.91 Å². The van der Waals surface area contributed by atoms with Crippen LogP contribution in [0, 0.1) is 0 Å². The minimum absolute atomic E-state index is 0.0901. The smallest absolute Gasteiger partial charge is 0.272 e. The molecule has 0 aromatic carbocycles. The predicted molar refractivity (Wildman–Crippen MR) is 69.0 cm³/mol. The summed E-state index contributed by atoms with van der Waals surface area (Å²) in [4.78, 5) is 18.0. The van der Waals surface area contributed by atoms with Gasteiger partial charge in [-0.25, -0.2) is 4.98 Å². The molecule has 0 spiro atoms. The Morgan fingerprint density at radius 3 is 2.89 bits per heavy atom. The Labute approximate surface area is 107 Å². The Hall–Kier alpha value is -1.62. The van der Waals surface area contributed by atoms with Crippen molar-refractivity contribution in [1.29, 1.82) is 0 Å². The summed E-state index contributed by atoms with van der Waals surface area (Å²) in [6.07, 6.45) is 3.63. The van der Waals surface area contributed by atoms with Gasteiger partial charge in [-0.15, -0.1) is 0 Å². The van der Waals surface area contributed by atoms with E-state index < -0.39 is 5.60 Å². The molecule has 18 heavy (non-hydrogen) atoms. The number of aromatic nitrogens is 1. The Bertz CT molecular complexity index is 428. The normalized spacial score (nSPS) is 24.7. The molecule has 1 aliphatic heterocycles. The van der Waals surface area contributed by atoms with Gasteiger partial charge in [0.1, 0.15) is 5.69 Å². The van der Waals surface area contributed by atoms with Gasteiger partial charge < -0.3 is 15.7 Å². The average molecular weight is 249 g/mol. The molecular formula is C13H19N3O2. The second kappa shape index (κ2) is 4.94. The number of carbonyl (C=O) groups excluding carboxylic acids is 1. The highest BCUT2D eigenvalue weighted by atomic mass is 16.3. The summed E-state index contributed by atoms with van der Waals surface area (Å²) < 4.78 is 0. The van der Waals surface area contributed by atoms with E-state index in [0.717, 1.165) is 12.8 Å². The van der Waals surface area contributed by atoms with E-state index >= 15 is 0 Å². The van der Waals surface area contributed by atoms with Gasteiger partial charge in [-0.2, -0.15) is 0 Å². The van der Waals surface area contributed by atoms with E-state index in [0.29, 0.717) is 30.9 Å². The molecule has 5 nitrogen and oxygen atoms in total. The van der Waals surface area contributed by atoms with Crippen LogP contribution >= 0.6 is 0 Å². The van der Waals surface area contributed by atoms with Crippen LogP contribution in [0.25, 0.3) is 0 Å². The van der Waals surface area contributed by atoms with Gasteiger partial charge in [0.15, 0.2) is 0 Å². The Morgan fingerprint density at radius 2 is 2.22 bits per heavy atom. The fourth-order valence-corrected chi connectivity index (χ4v) is 2.16. The lowest BCUT2D eigenvalue weighted by Gasteiger charge is -2.22. The molecule has 1 amide bonds. The average Bonchev–Trinajstić information content (AvgIpc) is 2.50. The second-order valence-corrected chi connectivity index (χ2v) is 5.12. The lowest BCUT2D eigenvalue weighted by Crippen LogP contribution is -2.34. The molecule has 3 N–H and O–H groups in total. The highest BCUT2D eigenvalue weighted by molar-refractivity contribution is 5.92. The maximum atomic E-state index is 12.2. The zero-order chi connectivity index (χ0) is 13.2. The number of hydrogen-bond acceptors (Lipinski definition) is 4. The van der Waals surface area contributed by atoms with Crippen LogP contribution < -0.4 is 5.73 Å². The summed E-state index contributed by atoms with van der Waals surface area (Å²) in [7, 11) is 0. The van der Waals surface area contributed by atoms with Gasteiger partial charge in [0, 0.05) is 13.1 Å². The Balaban J connectivity index is 2.07. The third kappa shape index (κ3) is 2.98. The summed E-state index contributed by atoms with van der Waals surface area (Å²) in [6, 6.07) is 3.31. The van der Waals surface area contributed by atoms with E-state index in [1.807, 2.05) is 6.92 Å². The molecule has 1 unspecified atom stereocenters. The molecule has 98 valence electrons. The number of nitrogens with zero attached hydrogens (tertiary/aromatic N) is 2.